The van der Waals surface area contributed by atoms with Crippen molar-refractivity contribution in [3.8, 4) is 28.4 Å². The molecule has 0 unspecified atom stereocenters. The second kappa shape index (κ2) is 10.2. The lowest BCUT2D eigenvalue weighted by Crippen LogP contribution is -2.34. The summed E-state index contributed by atoms with van der Waals surface area (Å²) in [5, 5.41) is 17.8. The van der Waals surface area contributed by atoms with Gasteiger partial charge in [0.15, 0.2) is 0 Å². The zero-order valence-corrected chi connectivity index (χ0v) is 20.6. The van der Waals surface area contributed by atoms with Gasteiger partial charge < -0.3 is 24.6 Å². The number of benzene rings is 2. The van der Waals surface area contributed by atoms with Crippen LogP contribution in [0.4, 0.5) is 4.79 Å². The summed E-state index contributed by atoms with van der Waals surface area (Å²) >= 11 is 0. The van der Waals surface area contributed by atoms with Gasteiger partial charge in [0.05, 0.1) is 30.7 Å². The van der Waals surface area contributed by atoms with Gasteiger partial charge in [-0.3, -0.25) is 0 Å². The van der Waals surface area contributed by atoms with Crippen molar-refractivity contribution in [3.63, 3.8) is 0 Å². The lowest BCUT2D eigenvalue weighted by molar-refractivity contribution is 0.0520. The molecule has 1 heterocycles. The van der Waals surface area contributed by atoms with Crippen LogP contribution < -0.4 is 14.8 Å². The first-order chi connectivity index (χ1) is 16.0. The fourth-order valence-electron chi connectivity index (χ4n) is 3.16. The SMILES string of the molecule is COc1ccc(-n2nc(C(C)(C)O)cc2-c2ccc(OCCNC(=O)OC(C)(C)C)cc2)cc1. The molecule has 2 aromatic carbocycles. The van der Waals surface area contributed by atoms with Crippen molar-refractivity contribution in [2.75, 3.05) is 20.3 Å². The number of carbonyl (C=O) groups is 1. The Morgan fingerprint density at radius 3 is 2.18 bits per heavy atom. The molecule has 3 rings (SSSR count). The Hall–Kier alpha value is -3.52. The maximum absolute atomic E-state index is 11.7. The van der Waals surface area contributed by atoms with Crippen LogP contribution in [0.25, 0.3) is 16.9 Å². The third kappa shape index (κ3) is 6.74. The van der Waals surface area contributed by atoms with Gasteiger partial charge in [-0.15, -0.1) is 0 Å². The van der Waals surface area contributed by atoms with Crippen LogP contribution in [0.3, 0.4) is 0 Å². The number of hydrogen-bond acceptors (Lipinski definition) is 6. The van der Waals surface area contributed by atoms with Crippen LogP contribution in [0.5, 0.6) is 11.5 Å². The maximum atomic E-state index is 11.7. The number of aliphatic hydroxyl groups is 1. The predicted molar refractivity (Wildman–Crippen MR) is 131 cm³/mol. The normalized spacial score (nSPS) is 11.7. The molecule has 0 saturated carbocycles. The summed E-state index contributed by atoms with van der Waals surface area (Å²) < 4.78 is 18.0. The van der Waals surface area contributed by atoms with Crippen LogP contribution in [0.15, 0.2) is 54.6 Å². The van der Waals surface area contributed by atoms with Crippen LogP contribution in [0.2, 0.25) is 0 Å². The summed E-state index contributed by atoms with van der Waals surface area (Å²) in [6.07, 6.45) is -0.471. The maximum Gasteiger partial charge on any atom is 0.407 e. The van der Waals surface area contributed by atoms with Gasteiger partial charge in [-0.1, -0.05) is 0 Å². The molecule has 0 saturated heterocycles. The minimum absolute atomic E-state index is 0.311. The first-order valence-corrected chi connectivity index (χ1v) is 11.1. The number of nitrogens with zero attached hydrogens (tertiary/aromatic N) is 2. The smallest absolute Gasteiger partial charge is 0.407 e. The van der Waals surface area contributed by atoms with Crippen LogP contribution in [-0.2, 0) is 10.3 Å². The molecule has 0 radical (unpaired) electrons. The molecule has 3 aromatic rings. The Labute approximate surface area is 200 Å². The van der Waals surface area contributed by atoms with Crippen molar-refractivity contribution in [2.45, 2.75) is 45.8 Å². The number of carbonyl (C=O) groups excluding carboxylic acids is 1. The number of rotatable bonds is 8. The number of methoxy groups -OCH3 is 1. The fourth-order valence-corrected chi connectivity index (χ4v) is 3.16. The van der Waals surface area contributed by atoms with E-state index < -0.39 is 17.3 Å². The van der Waals surface area contributed by atoms with E-state index in [1.54, 1.807) is 25.6 Å². The van der Waals surface area contributed by atoms with E-state index in [0.717, 1.165) is 22.7 Å². The van der Waals surface area contributed by atoms with E-state index in [9.17, 15) is 9.90 Å². The molecule has 1 amide bonds. The van der Waals surface area contributed by atoms with E-state index in [-0.39, 0.29) is 0 Å². The van der Waals surface area contributed by atoms with Crippen LogP contribution in [-0.4, -0.2) is 46.8 Å². The molecule has 8 nitrogen and oxygen atoms in total. The summed E-state index contributed by atoms with van der Waals surface area (Å²) in [5.41, 5.74) is 1.53. The fraction of sp³-hybridized carbons (Fsp3) is 0.385. The Kier molecular flexibility index (Phi) is 7.51. The number of ether oxygens (including phenoxy) is 3. The van der Waals surface area contributed by atoms with Crippen molar-refractivity contribution in [3.05, 3.63) is 60.3 Å². The molecule has 2 N–H and O–H groups in total. The summed E-state index contributed by atoms with van der Waals surface area (Å²) in [5.74, 6) is 1.43. The highest BCUT2D eigenvalue weighted by atomic mass is 16.6. The van der Waals surface area contributed by atoms with Crippen molar-refractivity contribution in [1.82, 2.24) is 15.1 Å². The molecule has 0 atom stereocenters. The van der Waals surface area contributed by atoms with E-state index in [1.165, 1.54) is 0 Å². The summed E-state index contributed by atoms with van der Waals surface area (Å²) in [6.45, 7) is 9.50. The average Bonchev–Trinajstić information content (AvgIpc) is 3.22. The Balaban J connectivity index is 1.73. The molecule has 0 bridgehead atoms. The monoisotopic (exact) mass is 467 g/mol. The Morgan fingerprint density at radius 2 is 1.62 bits per heavy atom. The molecule has 0 aliphatic rings. The van der Waals surface area contributed by atoms with Gasteiger partial charge in [-0.05, 0) is 89.2 Å². The molecule has 0 aliphatic carbocycles. The molecule has 0 aliphatic heterocycles. The van der Waals surface area contributed by atoms with Crippen molar-refractivity contribution < 1.29 is 24.1 Å². The quantitative estimate of drug-likeness (QED) is 0.467. The number of hydrogen-bond donors (Lipinski definition) is 2. The predicted octanol–water partition coefficient (Wildman–Crippen LogP) is 4.68. The summed E-state index contributed by atoms with van der Waals surface area (Å²) in [7, 11) is 1.62. The van der Waals surface area contributed by atoms with E-state index >= 15 is 0 Å². The first kappa shape index (κ1) is 25.1. The van der Waals surface area contributed by atoms with Crippen molar-refractivity contribution >= 4 is 6.09 Å². The van der Waals surface area contributed by atoms with Gasteiger partial charge in [0.1, 0.15) is 29.3 Å². The lowest BCUT2D eigenvalue weighted by atomic mass is 10.0. The van der Waals surface area contributed by atoms with Gasteiger partial charge in [0.2, 0.25) is 0 Å². The van der Waals surface area contributed by atoms with Gasteiger partial charge >= 0.3 is 6.09 Å². The molecule has 182 valence electrons. The van der Waals surface area contributed by atoms with Crippen LogP contribution >= 0.6 is 0 Å². The molecule has 0 fully saturated rings. The zero-order chi connectivity index (χ0) is 24.9. The molecular weight excluding hydrogens is 434 g/mol. The highest BCUT2D eigenvalue weighted by Gasteiger charge is 2.23. The topological polar surface area (TPSA) is 94.8 Å². The number of alkyl carbamates (subject to hydrolysis) is 1. The van der Waals surface area contributed by atoms with Crippen molar-refractivity contribution in [2.24, 2.45) is 0 Å². The minimum Gasteiger partial charge on any atom is -0.497 e. The largest absolute Gasteiger partial charge is 0.497 e. The highest BCUT2D eigenvalue weighted by molar-refractivity contribution is 5.67. The zero-order valence-electron chi connectivity index (χ0n) is 20.6. The van der Waals surface area contributed by atoms with Crippen LogP contribution in [0.1, 0.15) is 40.3 Å². The van der Waals surface area contributed by atoms with Gasteiger partial charge in [-0.25, -0.2) is 9.48 Å². The number of aromatic nitrogens is 2. The molecular formula is C26H33N3O5. The Morgan fingerprint density at radius 1 is 1.00 bits per heavy atom. The molecule has 34 heavy (non-hydrogen) atoms. The van der Waals surface area contributed by atoms with Crippen molar-refractivity contribution in [1.29, 1.82) is 0 Å². The van der Waals surface area contributed by atoms with E-state index in [4.69, 9.17) is 14.2 Å². The van der Waals surface area contributed by atoms with Crippen LogP contribution in [0, 0.1) is 0 Å². The van der Waals surface area contributed by atoms with E-state index in [1.807, 2.05) is 75.4 Å². The third-order valence-electron chi connectivity index (χ3n) is 4.84. The highest BCUT2D eigenvalue weighted by Crippen LogP contribution is 2.30. The third-order valence-corrected chi connectivity index (χ3v) is 4.84. The van der Waals surface area contributed by atoms with E-state index in [2.05, 4.69) is 10.4 Å². The summed E-state index contributed by atoms with van der Waals surface area (Å²) in [4.78, 5) is 11.7. The molecule has 8 heteroatoms. The van der Waals surface area contributed by atoms with Gasteiger partial charge in [0.25, 0.3) is 0 Å². The molecule has 1 aromatic heterocycles. The summed E-state index contributed by atoms with van der Waals surface area (Å²) in [6, 6.07) is 17.0. The standard InChI is InChI=1S/C26H33N3O5/c1-25(2,3)34-24(30)27-15-16-33-21-11-7-18(8-12-21)22-17-23(26(4,5)31)28-29(22)19-9-13-20(32-6)14-10-19/h7-14,17,31H,15-16H2,1-6H3,(H,27,30). The lowest BCUT2D eigenvalue weighted by Gasteiger charge is -2.19. The average molecular weight is 468 g/mol. The second-order valence-corrected chi connectivity index (χ2v) is 9.39. The minimum atomic E-state index is -1.09. The van der Waals surface area contributed by atoms with E-state index in [0.29, 0.717) is 24.6 Å². The number of nitrogens with one attached hydrogen (secondary N) is 1. The molecule has 0 spiro atoms. The van der Waals surface area contributed by atoms with Gasteiger partial charge in [0, 0.05) is 5.56 Å². The second-order valence-electron chi connectivity index (χ2n) is 9.39. The Bertz CT molecular complexity index is 1090. The first-order valence-electron chi connectivity index (χ1n) is 11.1. The van der Waals surface area contributed by atoms with Gasteiger partial charge in [-0.2, -0.15) is 5.10 Å². The number of amides is 1.